The number of Topliss-reactive ketones (excluding diaryl/α,β-unsaturated/α-hetero) is 1. The summed E-state index contributed by atoms with van der Waals surface area (Å²) in [5.41, 5.74) is 0. The normalized spacial score (nSPS) is 12.9. The van der Waals surface area contributed by atoms with E-state index in [4.69, 9.17) is 0 Å². The third-order valence-corrected chi connectivity index (χ3v) is 3.70. The fraction of sp³-hybridized carbons (Fsp3) is 0.308. The van der Waals surface area contributed by atoms with Crippen molar-refractivity contribution in [3.63, 3.8) is 0 Å². The number of carbonyl (C=O) groups excluding carboxylic acids is 1. The lowest BCUT2D eigenvalue weighted by atomic mass is 10.1. The van der Waals surface area contributed by atoms with Crippen molar-refractivity contribution in [2.75, 3.05) is 6.54 Å². The lowest BCUT2D eigenvalue weighted by Gasteiger charge is -2.08. The summed E-state index contributed by atoms with van der Waals surface area (Å²) >= 11 is 1.57. The maximum absolute atomic E-state index is 12.1. The molecule has 2 nitrogen and oxygen atoms in total. The van der Waals surface area contributed by atoms with E-state index in [-0.39, 0.29) is 11.8 Å². The van der Waals surface area contributed by atoms with Crippen LogP contribution >= 0.6 is 11.3 Å². The highest BCUT2D eigenvalue weighted by Crippen LogP contribution is 2.26. The van der Waals surface area contributed by atoms with E-state index in [0.29, 0.717) is 0 Å². The largest absolute Gasteiger partial charge is 0.308 e. The molecule has 1 atom stereocenters. The second-order valence-electron chi connectivity index (χ2n) is 3.79. The molecule has 0 saturated carbocycles. The number of hydrogen-bond acceptors (Lipinski definition) is 3. The minimum absolute atomic E-state index is 0.0990. The third kappa shape index (κ3) is 2.15. The molecule has 0 saturated heterocycles. The van der Waals surface area contributed by atoms with Crippen molar-refractivity contribution in [1.29, 1.82) is 0 Å². The Labute approximate surface area is 99.3 Å². The number of ketones is 1. The first-order valence-corrected chi connectivity index (χ1v) is 6.30. The van der Waals surface area contributed by atoms with Crippen LogP contribution < -0.4 is 5.32 Å². The highest BCUT2D eigenvalue weighted by Gasteiger charge is 2.16. The lowest BCUT2D eigenvalue weighted by Crippen LogP contribution is -2.33. The summed E-state index contributed by atoms with van der Waals surface area (Å²) in [6.07, 6.45) is 0. The number of benzene rings is 1. The standard InChI is InChI=1S/C13H15NOS/c1-3-14-9(2)13(15)12-8-10-6-4-5-7-11(10)16-12/h4-9,14H,3H2,1-2H3/t9-/m0/s1. The van der Waals surface area contributed by atoms with Gasteiger partial charge in [-0.05, 0) is 31.0 Å². The molecule has 0 radical (unpaired) electrons. The average Bonchev–Trinajstić information content (AvgIpc) is 2.71. The van der Waals surface area contributed by atoms with Crippen LogP contribution in [-0.2, 0) is 0 Å². The van der Waals surface area contributed by atoms with Gasteiger partial charge in [0, 0.05) is 4.70 Å². The molecular weight excluding hydrogens is 218 g/mol. The number of carbonyl (C=O) groups is 1. The summed E-state index contributed by atoms with van der Waals surface area (Å²) in [6.45, 7) is 4.74. The first-order chi connectivity index (χ1) is 7.72. The van der Waals surface area contributed by atoms with Gasteiger partial charge in [-0.15, -0.1) is 11.3 Å². The van der Waals surface area contributed by atoms with Crippen LogP contribution in [0.5, 0.6) is 0 Å². The van der Waals surface area contributed by atoms with Gasteiger partial charge < -0.3 is 5.32 Å². The molecule has 3 heteroatoms. The van der Waals surface area contributed by atoms with Crippen molar-refractivity contribution in [1.82, 2.24) is 5.32 Å². The molecule has 0 aliphatic heterocycles. The summed E-state index contributed by atoms with van der Waals surface area (Å²) in [6, 6.07) is 9.97. The van der Waals surface area contributed by atoms with Gasteiger partial charge in [-0.1, -0.05) is 25.1 Å². The van der Waals surface area contributed by atoms with Crippen LogP contribution in [0, 0.1) is 0 Å². The fourth-order valence-electron chi connectivity index (χ4n) is 1.72. The molecule has 0 spiro atoms. The van der Waals surface area contributed by atoms with Crippen molar-refractivity contribution >= 4 is 27.2 Å². The Hall–Kier alpha value is -1.19. The topological polar surface area (TPSA) is 29.1 Å². The van der Waals surface area contributed by atoms with Gasteiger partial charge in [0.15, 0.2) is 5.78 Å². The van der Waals surface area contributed by atoms with E-state index in [1.54, 1.807) is 11.3 Å². The molecule has 1 aromatic carbocycles. The molecule has 84 valence electrons. The van der Waals surface area contributed by atoms with Crippen molar-refractivity contribution < 1.29 is 4.79 Å². The first kappa shape index (κ1) is 11.3. The lowest BCUT2D eigenvalue weighted by molar-refractivity contribution is 0.0956. The number of fused-ring (bicyclic) bond motifs is 1. The molecule has 0 fully saturated rings. The monoisotopic (exact) mass is 233 g/mol. The van der Waals surface area contributed by atoms with E-state index in [1.807, 2.05) is 38.1 Å². The van der Waals surface area contributed by atoms with Crippen LogP contribution in [0.2, 0.25) is 0 Å². The Morgan fingerprint density at radius 3 is 2.88 bits per heavy atom. The molecular formula is C13H15NOS. The minimum Gasteiger partial charge on any atom is -0.308 e. The smallest absolute Gasteiger partial charge is 0.189 e. The Morgan fingerprint density at radius 2 is 2.19 bits per heavy atom. The highest BCUT2D eigenvalue weighted by atomic mass is 32.1. The Balaban J connectivity index is 2.29. The number of likely N-dealkylation sites (N-methyl/N-ethyl adjacent to an activating group) is 1. The second-order valence-corrected chi connectivity index (χ2v) is 4.88. The van der Waals surface area contributed by atoms with E-state index in [0.717, 1.165) is 16.8 Å². The van der Waals surface area contributed by atoms with Crippen LogP contribution in [0.3, 0.4) is 0 Å². The van der Waals surface area contributed by atoms with Gasteiger partial charge in [0.1, 0.15) is 0 Å². The molecule has 0 aliphatic rings. The predicted octanol–water partition coefficient (Wildman–Crippen LogP) is 3.08. The number of thiophene rings is 1. The third-order valence-electron chi connectivity index (χ3n) is 2.57. The zero-order chi connectivity index (χ0) is 11.5. The van der Waals surface area contributed by atoms with Gasteiger partial charge in [-0.25, -0.2) is 0 Å². The summed E-state index contributed by atoms with van der Waals surface area (Å²) < 4.78 is 1.18. The van der Waals surface area contributed by atoms with E-state index in [9.17, 15) is 4.79 Å². The molecule has 1 N–H and O–H groups in total. The molecule has 2 rings (SSSR count). The van der Waals surface area contributed by atoms with E-state index >= 15 is 0 Å². The van der Waals surface area contributed by atoms with Crippen LogP contribution in [0.4, 0.5) is 0 Å². The molecule has 0 bridgehead atoms. The average molecular weight is 233 g/mol. The van der Waals surface area contributed by atoms with Gasteiger partial charge in [0.2, 0.25) is 0 Å². The van der Waals surface area contributed by atoms with E-state index in [2.05, 4.69) is 11.4 Å². The van der Waals surface area contributed by atoms with Gasteiger partial charge in [0.05, 0.1) is 10.9 Å². The number of nitrogens with one attached hydrogen (secondary N) is 1. The summed E-state index contributed by atoms with van der Waals surface area (Å²) in [5.74, 6) is 0.183. The molecule has 1 heterocycles. The Bertz CT molecular complexity index is 470. The number of rotatable bonds is 4. The summed E-state index contributed by atoms with van der Waals surface area (Å²) in [7, 11) is 0. The van der Waals surface area contributed by atoms with Crippen molar-refractivity contribution in [2.45, 2.75) is 19.9 Å². The fourth-order valence-corrected chi connectivity index (χ4v) is 2.81. The van der Waals surface area contributed by atoms with Gasteiger partial charge in [0.25, 0.3) is 0 Å². The SMILES string of the molecule is CCN[C@@H](C)C(=O)c1cc2ccccc2s1. The van der Waals surface area contributed by atoms with Gasteiger partial charge >= 0.3 is 0 Å². The van der Waals surface area contributed by atoms with Crippen LogP contribution in [0.25, 0.3) is 10.1 Å². The van der Waals surface area contributed by atoms with E-state index < -0.39 is 0 Å². The number of hydrogen-bond donors (Lipinski definition) is 1. The van der Waals surface area contributed by atoms with Gasteiger partial charge in [-0.3, -0.25) is 4.79 Å². The molecule has 16 heavy (non-hydrogen) atoms. The minimum atomic E-state index is -0.0990. The maximum atomic E-state index is 12.1. The molecule has 0 aliphatic carbocycles. The quantitative estimate of drug-likeness (QED) is 0.822. The van der Waals surface area contributed by atoms with Crippen LogP contribution in [0.15, 0.2) is 30.3 Å². The van der Waals surface area contributed by atoms with Crippen molar-refractivity contribution in [2.24, 2.45) is 0 Å². The Morgan fingerprint density at radius 1 is 1.44 bits per heavy atom. The van der Waals surface area contributed by atoms with Crippen molar-refractivity contribution in [3.8, 4) is 0 Å². The summed E-state index contributed by atoms with van der Waals surface area (Å²) in [4.78, 5) is 12.9. The zero-order valence-electron chi connectivity index (χ0n) is 9.49. The molecule has 1 aromatic heterocycles. The van der Waals surface area contributed by atoms with Crippen LogP contribution in [0.1, 0.15) is 23.5 Å². The Kier molecular flexibility index (Phi) is 3.36. The summed E-state index contributed by atoms with van der Waals surface area (Å²) in [5, 5.41) is 4.30. The molecule has 0 unspecified atom stereocenters. The zero-order valence-corrected chi connectivity index (χ0v) is 10.3. The van der Waals surface area contributed by atoms with E-state index in [1.165, 1.54) is 4.70 Å². The molecule has 2 aromatic rings. The van der Waals surface area contributed by atoms with Crippen LogP contribution in [-0.4, -0.2) is 18.4 Å². The van der Waals surface area contributed by atoms with Crippen molar-refractivity contribution in [3.05, 3.63) is 35.2 Å². The predicted molar refractivity (Wildman–Crippen MR) is 69.3 cm³/mol. The van der Waals surface area contributed by atoms with Gasteiger partial charge in [-0.2, -0.15) is 0 Å². The molecule has 0 amide bonds. The second kappa shape index (κ2) is 4.76. The first-order valence-electron chi connectivity index (χ1n) is 5.48. The highest BCUT2D eigenvalue weighted by molar-refractivity contribution is 7.20. The maximum Gasteiger partial charge on any atom is 0.189 e.